The number of hydrogen-bond donors (Lipinski definition) is 2. The van der Waals surface area contributed by atoms with Gasteiger partial charge in [-0.25, -0.2) is 5.10 Å². The van der Waals surface area contributed by atoms with Crippen molar-refractivity contribution in [3.05, 3.63) is 28.2 Å². The number of nitrogens with zero attached hydrogens (tertiary/aromatic N) is 1. The number of halogens is 1. The molecule has 1 unspecified atom stereocenters. The summed E-state index contributed by atoms with van der Waals surface area (Å²) in [4.78, 5) is 22.3. The lowest BCUT2D eigenvalue weighted by atomic mass is 10.3. The molecular weight excluding hydrogens is 278 g/mol. The van der Waals surface area contributed by atoms with Crippen LogP contribution >= 0.6 is 15.9 Å². The number of amides is 1. The maximum absolute atomic E-state index is 11.5. The summed E-state index contributed by atoms with van der Waals surface area (Å²) in [6.07, 6.45) is 0. The van der Waals surface area contributed by atoms with Gasteiger partial charge in [-0.15, -0.1) is 0 Å². The van der Waals surface area contributed by atoms with Crippen molar-refractivity contribution in [1.29, 1.82) is 0 Å². The zero-order valence-electron chi connectivity index (χ0n) is 8.70. The second-order valence-corrected chi connectivity index (χ2v) is 4.36. The van der Waals surface area contributed by atoms with E-state index in [-0.39, 0.29) is 22.0 Å². The largest absolute Gasteiger partial charge is 0.383 e. The molecule has 88 valence electrons. The molecule has 1 aromatic rings. The number of alkyl halides is 1. The fraction of sp³-hybridized carbons (Fsp3) is 0.444. The molecule has 0 aliphatic heterocycles. The molecule has 0 bridgehead atoms. The van der Waals surface area contributed by atoms with Gasteiger partial charge >= 0.3 is 0 Å². The van der Waals surface area contributed by atoms with Crippen molar-refractivity contribution in [2.45, 2.75) is 4.83 Å². The highest BCUT2D eigenvalue weighted by molar-refractivity contribution is 9.09. The highest BCUT2D eigenvalue weighted by Crippen LogP contribution is 1.98. The van der Waals surface area contributed by atoms with E-state index >= 15 is 0 Å². The Morgan fingerprint density at radius 1 is 1.69 bits per heavy atom. The van der Waals surface area contributed by atoms with Gasteiger partial charge in [0.1, 0.15) is 5.69 Å². The molecule has 6 nitrogen and oxygen atoms in total. The molecule has 7 heteroatoms. The Morgan fingerprint density at radius 3 is 3.00 bits per heavy atom. The fourth-order valence-corrected chi connectivity index (χ4v) is 1.43. The van der Waals surface area contributed by atoms with Crippen molar-refractivity contribution < 1.29 is 9.53 Å². The van der Waals surface area contributed by atoms with Crippen LogP contribution in [-0.2, 0) is 4.74 Å². The molecular formula is C9H12BrN3O3. The van der Waals surface area contributed by atoms with Crippen LogP contribution in [0.5, 0.6) is 0 Å². The molecule has 0 aliphatic carbocycles. The zero-order valence-corrected chi connectivity index (χ0v) is 10.3. The van der Waals surface area contributed by atoms with Gasteiger partial charge in [-0.3, -0.25) is 9.59 Å². The molecule has 0 fully saturated rings. The summed E-state index contributed by atoms with van der Waals surface area (Å²) in [5.74, 6) is -0.336. The summed E-state index contributed by atoms with van der Waals surface area (Å²) >= 11 is 3.33. The Kier molecular flexibility index (Phi) is 5.13. The Morgan fingerprint density at radius 2 is 2.44 bits per heavy atom. The minimum atomic E-state index is -0.339. The molecule has 0 radical (unpaired) electrons. The molecule has 0 aromatic carbocycles. The SMILES string of the molecule is COCC(Br)CNC(=O)c1ccc(=O)[nH]n1. The average Bonchev–Trinajstić information content (AvgIpc) is 2.27. The van der Waals surface area contributed by atoms with Crippen LogP contribution in [0, 0.1) is 0 Å². The maximum Gasteiger partial charge on any atom is 0.271 e. The van der Waals surface area contributed by atoms with Crippen LogP contribution in [0.3, 0.4) is 0 Å². The summed E-state index contributed by atoms with van der Waals surface area (Å²) < 4.78 is 4.90. The van der Waals surface area contributed by atoms with E-state index in [0.29, 0.717) is 13.2 Å². The van der Waals surface area contributed by atoms with E-state index in [9.17, 15) is 9.59 Å². The summed E-state index contributed by atoms with van der Waals surface area (Å²) in [6.45, 7) is 0.923. The molecule has 1 amide bonds. The minimum absolute atomic E-state index is 0.0456. The number of H-pyrrole nitrogens is 1. The first-order valence-corrected chi connectivity index (χ1v) is 5.52. The first-order chi connectivity index (χ1) is 7.63. The number of carbonyl (C=O) groups is 1. The normalized spacial score (nSPS) is 12.1. The number of methoxy groups -OCH3 is 1. The third-order valence-corrected chi connectivity index (χ3v) is 2.33. The van der Waals surface area contributed by atoms with Crippen molar-refractivity contribution in [3.8, 4) is 0 Å². The van der Waals surface area contributed by atoms with Crippen molar-refractivity contribution in [3.63, 3.8) is 0 Å². The Hall–Kier alpha value is -1.21. The average molecular weight is 290 g/mol. The van der Waals surface area contributed by atoms with Gasteiger partial charge in [0.15, 0.2) is 0 Å². The van der Waals surface area contributed by atoms with Crippen LogP contribution in [0.25, 0.3) is 0 Å². The Labute approximate surface area is 101 Å². The van der Waals surface area contributed by atoms with Crippen molar-refractivity contribution in [2.24, 2.45) is 0 Å². The van der Waals surface area contributed by atoms with Gasteiger partial charge < -0.3 is 10.1 Å². The first-order valence-electron chi connectivity index (χ1n) is 4.60. The van der Waals surface area contributed by atoms with Crippen LogP contribution in [0.2, 0.25) is 0 Å². The molecule has 0 saturated heterocycles. The lowest BCUT2D eigenvalue weighted by Gasteiger charge is -2.09. The standard InChI is InChI=1S/C9H12BrN3O3/c1-16-5-6(10)4-11-9(15)7-2-3-8(14)13-12-7/h2-3,6H,4-5H2,1H3,(H,11,15)(H,13,14). The Balaban J connectivity index is 2.46. The van der Waals surface area contributed by atoms with E-state index in [1.54, 1.807) is 7.11 Å². The number of aromatic nitrogens is 2. The predicted octanol–water partition coefficient (Wildman–Crippen LogP) is -0.0904. The van der Waals surface area contributed by atoms with E-state index in [1.165, 1.54) is 12.1 Å². The topological polar surface area (TPSA) is 84.1 Å². The summed E-state index contributed by atoms with van der Waals surface area (Å²) in [5, 5.41) is 8.45. The number of aromatic amines is 1. The molecule has 1 aromatic heterocycles. The quantitative estimate of drug-likeness (QED) is 0.742. The van der Waals surface area contributed by atoms with Gasteiger partial charge in [-0.05, 0) is 6.07 Å². The fourth-order valence-electron chi connectivity index (χ4n) is 1.00. The molecule has 0 saturated carbocycles. The monoisotopic (exact) mass is 289 g/mol. The van der Waals surface area contributed by atoms with Gasteiger partial charge in [-0.2, -0.15) is 5.10 Å². The van der Waals surface area contributed by atoms with Crippen LogP contribution < -0.4 is 10.9 Å². The van der Waals surface area contributed by atoms with Crippen LogP contribution in [0.1, 0.15) is 10.5 Å². The predicted molar refractivity (Wildman–Crippen MR) is 61.8 cm³/mol. The lowest BCUT2D eigenvalue weighted by Crippen LogP contribution is -2.32. The third kappa shape index (κ3) is 4.11. The smallest absolute Gasteiger partial charge is 0.271 e. The zero-order chi connectivity index (χ0) is 12.0. The molecule has 2 N–H and O–H groups in total. The Bertz CT molecular complexity index is 387. The molecule has 1 rings (SSSR count). The minimum Gasteiger partial charge on any atom is -0.383 e. The van der Waals surface area contributed by atoms with Gasteiger partial charge in [0.2, 0.25) is 0 Å². The highest BCUT2D eigenvalue weighted by Gasteiger charge is 2.09. The van der Waals surface area contributed by atoms with Gasteiger partial charge in [0.05, 0.1) is 11.4 Å². The van der Waals surface area contributed by atoms with Crippen LogP contribution in [0.15, 0.2) is 16.9 Å². The van der Waals surface area contributed by atoms with Crippen LogP contribution in [-0.4, -0.2) is 41.2 Å². The summed E-state index contributed by atoms with van der Waals surface area (Å²) in [5.41, 5.74) is -0.161. The molecule has 0 aliphatic rings. The summed E-state index contributed by atoms with van der Waals surface area (Å²) in [7, 11) is 1.58. The number of nitrogens with one attached hydrogen (secondary N) is 2. The van der Waals surface area contributed by atoms with Gasteiger partial charge in [-0.1, -0.05) is 15.9 Å². The van der Waals surface area contributed by atoms with Crippen molar-refractivity contribution in [2.75, 3.05) is 20.3 Å². The molecule has 1 heterocycles. The van der Waals surface area contributed by atoms with Gasteiger partial charge in [0.25, 0.3) is 11.5 Å². The number of hydrogen-bond acceptors (Lipinski definition) is 4. The molecule has 16 heavy (non-hydrogen) atoms. The second-order valence-electron chi connectivity index (χ2n) is 3.07. The third-order valence-electron chi connectivity index (χ3n) is 1.74. The molecule has 0 spiro atoms. The van der Waals surface area contributed by atoms with E-state index in [2.05, 4.69) is 31.4 Å². The molecule has 1 atom stereocenters. The van der Waals surface area contributed by atoms with E-state index < -0.39 is 0 Å². The number of carbonyl (C=O) groups excluding carboxylic acids is 1. The van der Waals surface area contributed by atoms with Crippen molar-refractivity contribution >= 4 is 21.8 Å². The van der Waals surface area contributed by atoms with Crippen LogP contribution in [0.4, 0.5) is 0 Å². The highest BCUT2D eigenvalue weighted by atomic mass is 79.9. The van der Waals surface area contributed by atoms with E-state index in [4.69, 9.17) is 4.74 Å². The number of rotatable bonds is 5. The van der Waals surface area contributed by atoms with E-state index in [0.717, 1.165) is 0 Å². The van der Waals surface area contributed by atoms with E-state index in [1.807, 2.05) is 0 Å². The first kappa shape index (κ1) is 12.9. The summed E-state index contributed by atoms with van der Waals surface area (Å²) in [6, 6.07) is 2.62. The number of ether oxygens (including phenoxy) is 1. The van der Waals surface area contributed by atoms with Crippen molar-refractivity contribution in [1.82, 2.24) is 15.5 Å². The second kappa shape index (κ2) is 6.39. The lowest BCUT2D eigenvalue weighted by molar-refractivity contribution is 0.0944. The maximum atomic E-state index is 11.5. The van der Waals surface area contributed by atoms with Gasteiger partial charge in [0, 0.05) is 19.7 Å².